The highest BCUT2D eigenvalue weighted by molar-refractivity contribution is 6.30. The molecule has 0 bridgehead atoms. The van der Waals surface area contributed by atoms with E-state index in [4.69, 9.17) is 11.6 Å². The first kappa shape index (κ1) is 16.4. The van der Waals surface area contributed by atoms with Gasteiger partial charge in [-0.2, -0.15) is 4.52 Å². The Balaban J connectivity index is 1.56. The Morgan fingerprint density at radius 3 is 2.69 bits per heavy atom. The first-order valence-corrected chi connectivity index (χ1v) is 8.57. The smallest absolute Gasteiger partial charge is 0.178 e. The molecule has 0 aliphatic carbocycles. The van der Waals surface area contributed by atoms with Crippen LogP contribution in [0.15, 0.2) is 60.7 Å². The summed E-state index contributed by atoms with van der Waals surface area (Å²) >= 11 is 6.02. The average molecular weight is 366 g/mol. The van der Waals surface area contributed by atoms with Crippen molar-refractivity contribution in [1.82, 2.24) is 19.8 Å². The van der Waals surface area contributed by atoms with E-state index >= 15 is 0 Å². The van der Waals surface area contributed by atoms with Gasteiger partial charge < -0.3 is 10.4 Å². The van der Waals surface area contributed by atoms with Gasteiger partial charge in [0.15, 0.2) is 17.3 Å². The second kappa shape index (κ2) is 7.01. The molecular weight excluding hydrogens is 350 g/mol. The van der Waals surface area contributed by atoms with E-state index < -0.39 is 0 Å². The number of phenols is 1. The molecule has 0 amide bonds. The van der Waals surface area contributed by atoms with E-state index in [0.29, 0.717) is 22.9 Å². The van der Waals surface area contributed by atoms with E-state index in [1.165, 1.54) is 0 Å². The highest BCUT2D eigenvalue weighted by Gasteiger charge is 2.09. The number of halogens is 1. The van der Waals surface area contributed by atoms with Crippen LogP contribution in [0, 0.1) is 0 Å². The minimum atomic E-state index is 0.264. The summed E-state index contributed by atoms with van der Waals surface area (Å²) in [5, 5.41) is 26.4. The molecule has 2 N–H and O–H groups in total. The van der Waals surface area contributed by atoms with E-state index in [2.05, 4.69) is 20.6 Å². The Kier molecular flexibility index (Phi) is 4.41. The summed E-state index contributed by atoms with van der Waals surface area (Å²) in [7, 11) is 0. The number of hydrogen-bond acceptors (Lipinski definition) is 5. The molecule has 0 radical (unpaired) electrons. The zero-order chi connectivity index (χ0) is 17.9. The molecule has 0 aliphatic rings. The number of aryl methyl sites for hydroxylation is 2. The van der Waals surface area contributed by atoms with Gasteiger partial charge in [-0.1, -0.05) is 29.8 Å². The fourth-order valence-electron chi connectivity index (χ4n) is 2.74. The molecule has 4 aromatic rings. The molecule has 0 atom stereocenters. The predicted octanol–water partition coefficient (Wildman–Crippen LogP) is 4.01. The third-order valence-corrected chi connectivity index (χ3v) is 4.21. The summed E-state index contributed by atoms with van der Waals surface area (Å²) in [6.45, 7) is 0. The SMILES string of the molecule is Oc1cccc(CCc2nnc3ccc(Nc4cccc(Cl)c4)nn23)c1. The lowest BCUT2D eigenvalue weighted by Gasteiger charge is -2.07. The van der Waals surface area contributed by atoms with Crippen molar-refractivity contribution < 1.29 is 5.11 Å². The van der Waals surface area contributed by atoms with Crippen LogP contribution in [0.2, 0.25) is 5.02 Å². The molecule has 26 heavy (non-hydrogen) atoms. The van der Waals surface area contributed by atoms with E-state index in [-0.39, 0.29) is 5.75 Å². The quantitative estimate of drug-likeness (QED) is 0.559. The van der Waals surface area contributed by atoms with Gasteiger partial charge in [0.2, 0.25) is 0 Å². The molecular formula is C19H16ClN5O. The molecule has 0 saturated carbocycles. The average Bonchev–Trinajstić information content (AvgIpc) is 3.02. The highest BCUT2D eigenvalue weighted by atomic mass is 35.5. The van der Waals surface area contributed by atoms with Crippen LogP contribution in [0.4, 0.5) is 11.5 Å². The van der Waals surface area contributed by atoms with Crippen molar-refractivity contribution in [2.24, 2.45) is 0 Å². The van der Waals surface area contributed by atoms with Crippen molar-refractivity contribution in [1.29, 1.82) is 0 Å². The zero-order valence-corrected chi connectivity index (χ0v) is 14.6. The maximum atomic E-state index is 9.57. The number of aromatic hydroxyl groups is 1. The van der Waals surface area contributed by atoms with Crippen molar-refractivity contribution >= 4 is 28.8 Å². The van der Waals surface area contributed by atoms with Gasteiger partial charge in [0.25, 0.3) is 0 Å². The summed E-state index contributed by atoms with van der Waals surface area (Å²) in [5.41, 5.74) is 2.58. The molecule has 0 fully saturated rings. The molecule has 0 unspecified atom stereocenters. The Bertz CT molecular complexity index is 1060. The van der Waals surface area contributed by atoms with Crippen molar-refractivity contribution in [3.63, 3.8) is 0 Å². The molecule has 2 heterocycles. The lowest BCUT2D eigenvalue weighted by molar-refractivity contribution is 0.474. The van der Waals surface area contributed by atoms with Gasteiger partial charge in [-0.25, -0.2) is 0 Å². The molecule has 0 aliphatic heterocycles. The standard InChI is InChI=1S/C19H16ClN5O/c20-14-4-2-5-15(12-14)21-17-8-10-19-23-22-18(25(19)24-17)9-7-13-3-1-6-16(26)11-13/h1-6,8,10-12,26H,7,9H2,(H,21,24). The molecule has 0 spiro atoms. The van der Waals surface area contributed by atoms with Gasteiger partial charge in [0.1, 0.15) is 5.75 Å². The topological polar surface area (TPSA) is 75.3 Å². The van der Waals surface area contributed by atoms with Gasteiger partial charge in [0, 0.05) is 17.1 Å². The monoisotopic (exact) mass is 365 g/mol. The number of fused-ring (bicyclic) bond motifs is 1. The number of nitrogens with zero attached hydrogens (tertiary/aromatic N) is 4. The van der Waals surface area contributed by atoms with E-state index in [1.807, 2.05) is 48.5 Å². The van der Waals surface area contributed by atoms with Crippen molar-refractivity contribution in [2.45, 2.75) is 12.8 Å². The number of rotatable bonds is 5. The van der Waals surface area contributed by atoms with Gasteiger partial charge in [-0.15, -0.1) is 15.3 Å². The molecule has 2 aromatic carbocycles. The van der Waals surface area contributed by atoms with E-state index in [0.717, 1.165) is 23.5 Å². The van der Waals surface area contributed by atoms with Gasteiger partial charge in [-0.05, 0) is 54.4 Å². The fraction of sp³-hybridized carbons (Fsp3) is 0.105. The minimum absolute atomic E-state index is 0.264. The third-order valence-electron chi connectivity index (χ3n) is 3.97. The summed E-state index contributed by atoms with van der Waals surface area (Å²) in [6.07, 6.45) is 1.40. The molecule has 6 nitrogen and oxygen atoms in total. The van der Waals surface area contributed by atoms with Crippen LogP contribution in [0.3, 0.4) is 0 Å². The summed E-state index contributed by atoms with van der Waals surface area (Å²) in [4.78, 5) is 0. The van der Waals surface area contributed by atoms with Crippen LogP contribution >= 0.6 is 11.6 Å². The first-order valence-electron chi connectivity index (χ1n) is 8.19. The minimum Gasteiger partial charge on any atom is -0.508 e. The number of anilines is 2. The lowest BCUT2D eigenvalue weighted by Crippen LogP contribution is -2.04. The van der Waals surface area contributed by atoms with Crippen LogP contribution in [-0.4, -0.2) is 24.9 Å². The zero-order valence-electron chi connectivity index (χ0n) is 13.8. The molecule has 4 rings (SSSR count). The molecule has 2 aromatic heterocycles. The molecule has 0 saturated heterocycles. The van der Waals surface area contributed by atoms with Gasteiger partial charge in [-0.3, -0.25) is 0 Å². The first-order chi connectivity index (χ1) is 12.7. The number of aromatic nitrogens is 4. The van der Waals surface area contributed by atoms with Crippen molar-refractivity contribution in [2.75, 3.05) is 5.32 Å². The van der Waals surface area contributed by atoms with Crippen LogP contribution < -0.4 is 5.32 Å². The van der Waals surface area contributed by atoms with Crippen LogP contribution in [0.1, 0.15) is 11.4 Å². The van der Waals surface area contributed by atoms with Gasteiger partial charge in [0.05, 0.1) is 0 Å². The van der Waals surface area contributed by atoms with E-state index in [9.17, 15) is 5.11 Å². The molecule has 7 heteroatoms. The normalized spacial score (nSPS) is 11.0. The van der Waals surface area contributed by atoms with Crippen LogP contribution in [0.5, 0.6) is 5.75 Å². The second-order valence-electron chi connectivity index (χ2n) is 5.91. The maximum Gasteiger partial charge on any atom is 0.178 e. The number of nitrogens with one attached hydrogen (secondary N) is 1. The number of hydrogen-bond donors (Lipinski definition) is 2. The Labute approximate surface area is 155 Å². The maximum absolute atomic E-state index is 9.57. The predicted molar refractivity (Wildman–Crippen MR) is 101 cm³/mol. The van der Waals surface area contributed by atoms with Crippen molar-refractivity contribution in [3.8, 4) is 5.75 Å². The summed E-state index contributed by atoms with van der Waals surface area (Å²) in [5.74, 6) is 1.70. The van der Waals surface area contributed by atoms with Crippen LogP contribution in [0.25, 0.3) is 5.65 Å². The lowest BCUT2D eigenvalue weighted by atomic mass is 10.1. The van der Waals surface area contributed by atoms with E-state index in [1.54, 1.807) is 16.6 Å². The third kappa shape index (κ3) is 3.60. The number of benzene rings is 2. The summed E-state index contributed by atoms with van der Waals surface area (Å²) in [6, 6.07) is 18.4. The molecule has 130 valence electrons. The van der Waals surface area contributed by atoms with Crippen molar-refractivity contribution in [3.05, 3.63) is 77.1 Å². The van der Waals surface area contributed by atoms with Gasteiger partial charge >= 0.3 is 0 Å². The Morgan fingerprint density at radius 1 is 0.962 bits per heavy atom. The number of phenolic OH excluding ortho intramolecular Hbond substituents is 1. The second-order valence-corrected chi connectivity index (χ2v) is 6.35. The largest absolute Gasteiger partial charge is 0.508 e. The Morgan fingerprint density at radius 2 is 1.85 bits per heavy atom. The highest BCUT2D eigenvalue weighted by Crippen LogP contribution is 2.19. The summed E-state index contributed by atoms with van der Waals surface area (Å²) < 4.78 is 1.73. The van der Waals surface area contributed by atoms with Crippen LogP contribution in [-0.2, 0) is 12.8 Å². The fourth-order valence-corrected chi connectivity index (χ4v) is 2.93. The Hall–Kier alpha value is -3.12.